The molecule has 0 saturated heterocycles. The summed E-state index contributed by atoms with van der Waals surface area (Å²) in [6.07, 6.45) is 0. The first kappa shape index (κ1) is 26.3. The monoisotopic (exact) mass is 431 g/mol. The topological polar surface area (TPSA) is 79.1 Å². The second-order valence-electron chi connectivity index (χ2n) is 5.74. The maximum absolute atomic E-state index is 10.2. The van der Waals surface area contributed by atoms with E-state index in [1.165, 1.54) is 12.1 Å². The van der Waals surface area contributed by atoms with Gasteiger partial charge in [-0.2, -0.15) is 0 Å². The summed E-state index contributed by atoms with van der Waals surface area (Å²) in [5, 5.41) is 19.7. The number of rotatable bonds is 3. The zero-order valence-corrected chi connectivity index (χ0v) is 19.7. The third-order valence-corrected chi connectivity index (χ3v) is 3.92. The molecule has 2 N–H and O–H groups in total. The maximum Gasteiger partial charge on any atom is 0.167 e. The van der Waals surface area contributed by atoms with Gasteiger partial charge in [0.25, 0.3) is 0 Å². The fourth-order valence-corrected chi connectivity index (χ4v) is 2.64. The van der Waals surface area contributed by atoms with Crippen LogP contribution in [0.3, 0.4) is 0 Å². The molecule has 0 aliphatic rings. The van der Waals surface area contributed by atoms with Gasteiger partial charge in [-0.15, -0.1) is 0 Å². The van der Waals surface area contributed by atoms with E-state index in [1.807, 2.05) is 102 Å². The molecule has 0 atom stereocenters. The molecular weight excluding hydrogens is 398 g/mol. The summed E-state index contributed by atoms with van der Waals surface area (Å²) >= 11 is 0. The fraction of sp³-hybridized carbons (Fsp3) is 0.222. The number of nitrogens with zero attached hydrogens (tertiary/aromatic N) is 3. The van der Waals surface area contributed by atoms with Crippen molar-refractivity contribution in [3.05, 3.63) is 78.9 Å². The normalized spacial score (nSPS) is 9.19. The predicted octanol–water partition coefficient (Wildman–Crippen LogP) is 7.36. The number of aromatic hydroxyl groups is 2. The molecular formula is C27H33N3O2. The van der Waals surface area contributed by atoms with E-state index in [4.69, 9.17) is 0 Å². The van der Waals surface area contributed by atoms with Crippen LogP contribution in [-0.2, 0) is 0 Å². The van der Waals surface area contributed by atoms with Gasteiger partial charge >= 0.3 is 0 Å². The Morgan fingerprint density at radius 3 is 1.31 bits per heavy atom. The minimum Gasteiger partial charge on any atom is -0.508 e. The van der Waals surface area contributed by atoms with Gasteiger partial charge in [0.15, 0.2) is 17.5 Å². The number of benzene rings is 3. The van der Waals surface area contributed by atoms with Crippen LogP contribution in [0.15, 0.2) is 78.9 Å². The summed E-state index contributed by atoms with van der Waals surface area (Å²) in [5.41, 5.74) is 2.14. The van der Waals surface area contributed by atoms with Gasteiger partial charge in [0, 0.05) is 17.2 Å². The van der Waals surface area contributed by atoms with E-state index >= 15 is 0 Å². The lowest BCUT2D eigenvalue weighted by Gasteiger charge is -2.09. The summed E-state index contributed by atoms with van der Waals surface area (Å²) < 4.78 is 0. The van der Waals surface area contributed by atoms with Crippen molar-refractivity contribution in [2.24, 2.45) is 0 Å². The van der Waals surface area contributed by atoms with Crippen LogP contribution in [-0.4, -0.2) is 25.2 Å². The molecule has 1 aromatic heterocycles. The Labute approximate surface area is 191 Å². The Morgan fingerprint density at radius 2 is 0.906 bits per heavy atom. The van der Waals surface area contributed by atoms with E-state index in [1.54, 1.807) is 6.07 Å². The molecule has 32 heavy (non-hydrogen) atoms. The first-order valence-corrected chi connectivity index (χ1v) is 11.1. The molecule has 0 bridgehead atoms. The summed E-state index contributed by atoms with van der Waals surface area (Å²) in [4.78, 5) is 13.6. The summed E-state index contributed by atoms with van der Waals surface area (Å²) in [7, 11) is 0. The van der Waals surface area contributed by atoms with Crippen molar-refractivity contribution in [3.63, 3.8) is 0 Å². The highest BCUT2D eigenvalue weighted by Crippen LogP contribution is 2.32. The van der Waals surface area contributed by atoms with Crippen LogP contribution < -0.4 is 0 Å². The van der Waals surface area contributed by atoms with Gasteiger partial charge in [-0.1, -0.05) is 102 Å². The summed E-state index contributed by atoms with van der Waals surface area (Å²) in [6.45, 7) is 12.0. The lowest BCUT2D eigenvalue weighted by Crippen LogP contribution is -2.00. The van der Waals surface area contributed by atoms with Crippen molar-refractivity contribution < 1.29 is 10.2 Å². The average Bonchev–Trinajstić information content (AvgIpc) is 2.88. The standard InChI is InChI=1S/C21H15N3O2.3C2H6/c25-16-11-12-17(18(26)13-16)21-23-19(14-7-3-1-4-8-14)22-20(24-21)15-9-5-2-6-10-15;3*1-2/h1-13,25-26H;3*1-2H3. The maximum atomic E-state index is 10.2. The summed E-state index contributed by atoms with van der Waals surface area (Å²) in [6, 6.07) is 23.5. The Bertz CT molecular complexity index is 995. The van der Waals surface area contributed by atoms with Crippen LogP contribution in [0, 0.1) is 0 Å². The zero-order valence-electron chi connectivity index (χ0n) is 19.7. The molecule has 3 aromatic carbocycles. The van der Waals surface area contributed by atoms with Crippen molar-refractivity contribution >= 4 is 0 Å². The summed E-state index contributed by atoms with van der Waals surface area (Å²) in [5.74, 6) is 1.26. The smallest absolute Gasteiger partial charge is 0.167 e. The molecule has 1 heterocycles. The van der Waals surface area contributed by atoms with Gasteiger partial charge in [-0.05, 0) is 12.1 Å². The van der Waals surface area contributed by atoms with Gasteiger partial charge in [0.2, 0.25) is 0 Å². The molecule has 0 unspecified atom stereocenters. The number of hydrogen-bond donors (Lipinski definition) is 2. The van der Waals surface area contributed by atoms with Crippen molar-refractivity contribution in [3.8, 4) is 45.7 Å². The molecule has 0 aliphatic carbocycles. The number of hydrogen-bond acceptors (Lipinski definition) is 5. The minimum absolute atomic E-state index is 0.0214. The number of phenols is 2. The first-order valence-electron chi connectivity index (χ1n) is 11.1. The Morgan fingerprint density at radius 1 is 0.500 bits per heavy atom. The third kappa shape index (κ3) is 6.91. The molecule has 0 aliphatic heterocycles. The van der Waals surface area contributed by atoms with Crippen molar-refractivity contribution in [1.82, 2.24) is 15.0 Å². The van der Waals surface area contributed by atoms with Crippen LogP contribution in [0.25, 0.3) is 34.2 Å². The van der Waals surface area contributed by atoms with E-state index in [2.05, 4.69) is 15.0 Å². The highest BCUT2D eigenvalue weighted by molar-refractivity contribution is 5.70. The zero-order chi connectivity index (χ0) is 23.9. The number of aromatic nitrogens is 3. The van der Waals surface area contributed by atoms with Crippen molar-refractivity contribution in [1.29, 1.82) is 0 Å². The highest BCUT2D eigenvalue weighted by Gasteiger charge is 2.14. The lowest BCUT2D eigenvalue weighted by atomic mass is 10.1. The molecule has 0 saturated carbocycles. The van der Waals surface area contributed by atoms with Crippen LogP contribution >= 0.6 is 0 Å². The molecule has 5 nitrogen and oxygen atoms in total. The van der Waals surface area contributed by atoms with E-state index in [0.717, 1.165) is 11.1 Å². The van der Waals surface area contributed by atoms with Gasteiger partial charge in [0.1, 0.15) is 11.5 Å². The SMILES string of the molecule is CC.CC.CC.Oc1ccc(-c2nc(-c3ccccc3)nc(-c3ccccc3)n2)c(O)c1. The van der Waals surface area contributed by atoms with Crippen LogP contribution in [0.2, 0.25) is 0 Å². The number of phenolic OH excluding ortho intramolecular Hbond substituents is 2. The van der Waals surface area contributed by atoms with E-state index in [0.29, 0.717) is 23.0 Å². The average molecular weight is 432 g/mol. The molecule has 4 aromatic rings. The van der Waals surface area contributed by atoms with E-state index in [9.17, 15) is 10.2 Å². The molecule has 0 amide bonds. The molecule has 0 radical (unpaired) electrons. The Kier molecular flexibility index (Phi) is 11.8. The lowest BCUT2D eigenvalue weighted by molar-refractivity contribution is 0.451. The Hall–Kier alpha value is -3.73. The van der Waals surface area contributed by atoms with Crippen molar-refractivity contribution in [2.75, 3.05) is 0 Å². The Balaban J connectivity index is 0.000000789. The molecule has 4 rings (SSSR count). The van der Waals surface area contributed by atoms with Crippen molar-refractivity contribution in [2.45, 2.75) is 41.5 Å². The molecule has 0 fully saturated rings. The second-order valence-corrected chi connectivity index (χ2v) is 5.74. The van der Waals surface area contributed by atoms with Gasteiger partial charge in [-0.25, -0.2) is 15.0 Å². The van der Waals surface area contributed by atoms with Crippen LogP contribution in [0.4, 0.5) is 0 Å². The quantitative estimate of drug-likeness (QED) is 0.354. The fourth-order valence-electron chi connectivity index (χ4n) is 2.64. The molecule has 0 spiro atoms. The van der Waals surface area contributed by atoms with Gasteiger partial charge in [-0.3, -0.25) is 0 Å². The van der Waals surface area contributed by atoms with Gasteiger partial charge < -0.3 is 10.2 Å². The molecule has 5 heteroatoms. The second kappa shape index (κ2) is 14.3. The van der Waals surface area contributed by atoms with E-state index in [-0.39, 0.29) is 11.5 Å². The van der Waals surface area contributed by atoms with Crippen LogP contribution in [0.1, 0.15) is 41.5 Å². The third-order valence-electron chi connectivity index (χ3n) is 3.92. The first-order chi connectivity index (χ1) is 15.7. The van der Waals surface area contributed by atoms with Gasteiger partial charge in [0.05, 0.1) is 5.56 Å². The highest BCUT2D eigenvalue weighted by atomic mass is 16.3. The largest absolute Gasteiger partial charge is 0.508 e. The van der Waals surface area contributed by atoms with E-state index < -0.39 is 0 Å². The predicted molar refractivity (Wildman–Crippen MR) is 134 cm³/mol. The van der Waals surface area contributed by atoms with Crippen LogP contribution in [0.5, 0.6) is 11.5 Å². The minimum atomic E-state index is -0.0887. The molecule has 168 valence electrons.